The van der Waals surface area contributed by atoms with Gasteiger partial charge in [0.25, 0.3) is 0 Å². The zero-order valence-electron chi connectivity index (χ0n) is 17.7. The Hall–Kier alpha value is -0.840. The molecule has 4 rings (SSSR count). The van der Waals surface area contributed by atoms with Crippen molar-refractivity contribution in [3.05, 3.63) is 55.5 Å². The standard InChI is InChI=1S/C24H27Cl4NO2/c1-24(2,14-9-18(25)22(19(26)10-14)30-16-5-3-4-6-16)15-11-20(27)23(21(28)12-15)31-17-7-8-29-13-17/h9-12,16-17,29H,3-8,13H2,1-2H3. The molecule has 1 atom stereocenters. The van der Waals surface area contributed by atoms with Gasteiger partial charge in [-0.15, -0.1) is 0 Å². The molecule has 31 heavy (non-hydrogen) atoms. The van der Waals surface area contributed by atoms with E-state index in [1.807, 2.05) is 24.3 Å². The van der Waals surface area contributed by atoms with E-state index in [4.69, 9.17) is 55.9 Å². The van der Waals surface area contributed by atoms with Crippen molar-refractivity contribution in [2.75, 3.05) is 13.1 Å². The SMILES string of the molecule is CC(C)(c1cc(Cl)c(OC2CCCC2)c(Cl)c1)c1cc(Cl)c(OC2CCNC2)c(Cl)c1. The molecule has 7 heteroatoms. The lowest BCUT2D eigenvalue weighted by atomic mass is 9.78. The first-order valence-corrected chi connectivity index (χ1v) is 12.3. The Bertz CT molecular complexity index is 829. The molecule has 168 valence electrons. The van der Waals surface area contributed by atoms with E-state index in [0.717, 1.165) is 43.5 Å². The van der Waals surface area contributed by atoms with Gasteiger partial charge in [0, 0.05) is 12.0 Å². The van der Waals surface area contributed by atoms with Crippen LogP contribution in [0.4, 0.5) is 0 Å². The highest BCUT2D eigenvalue weighted by molar-refractivity contribution is 6.38. The number of hydrogen-bond acceptors (Lipinski definition) is 3. The van der Waals surface area contributed by atoms with Crippen LogP contribution in [0.3, 0.4) is 0 Å². The first-order chi connectivity index (χ1) is 14.8. The molecule has 0 radical (unpaired) electrons. The summed E-state index contributed by atoms with van der Waals surface area (Å²) in [5.41, 5.74) is 1.48. The fourth-order valence-corrected chi connectivity index (χ4v) is 5.45. The summed E-state index contributed by atoms with van der Waals surface area (Å²) in [5, 5.41) is 5.32. The van der Waals surface area contributed by atoms with Gasteiger partial charge in [-0.3, -0.25) is 0 Å². The molecule has 1 saturated heterocycles. The van der Waals surface area contributed by atoms with E-state index in [2.05, 4.69) is 19.2 Å². The van der Waals surface area contributed by atoms with E-state index in [1.54, 1.807) is 0 Å². The minimum absolute atomic E-state index is 0.0823. The largest absolute Gasteiger partial charge is 0.487 e. The molecule has 2 aromatic rings. The molecule has 0 spiro atoms. The van der Waals surface area contributed by atoms with E-state index in [9.17, 15) is 0 Å². The highest BCUT2D eigenvalue weighted by Crippen LogP contribution is 2.44. The quantitative estimate of drug-likeness (QED) is 0.439. The van der Waals surface area contributed by atoms with Crippen LogP contribution in [-0.2, 0) is 5.41 Å². The van der Waals surface area contributed by atoms with Crippen molar-refractivity contribution >= 4 is 46.4 Å². The molecule has 2 aliphatic rings. The van der Waals surface area contributed by atoms with Gasteiger partial charge in [-0.05, 0) is 74.0 Å². The second-order valence-electron chi connectivity index (χ2n) is 8.92. The molecule has 1 saturated carbocycles. The first kappa shape index (κ1) is 23.3. The van der Waals surface area contributed by atoms with Crippen LogP contribution in [0.15, 0.2) is 24.3 Å². The monoisotopic (exact) mass is 501 g/mol. The van der Waals surface area contributed by atoms with E-state index >= 15 is 0 Å². The van der Waals surface area contributed by atoms with E-state index < -0.39 is 5.41 Å². The zero-order valence-corrected chi connectivity index (χ0v) is 20.8. The molecule has 1 aliphatic carbocycles. The summed E-state index contributed by atoms with van der Waals surface area (Å²) < 4.78 is 12.1. The number of benzene rings is 2. The summed E-state index contributed by atoms with van der Waals surface area (Å²) in [7, 11) is 0. The van der Waals surface area contributed by atoms with Crippen LogP contribution in [0, 0.1) is 0 Å². The molecule has 0 aromatic heterocycles. The van der Waals surface area contributed by atoms with Crippen LogP contribution in [0.2, 0.25) is 20.1 Å². The van der Waals surface area contributed by atoms with Crippen molar-refractivity contribution in [3.8, 4) is 11.5 Å². The molecule has 0 bridgehead atoms. The summed E-state index contributed by atoms with van der Waals surface area (Å²) in [6.45, 7) is 5.92. The Morgan fingerprint density at radius 2 is 1.19 bits per heavy atom. The predicted octanol–water partition coefficient (Wildman–Crippen LogP) is 7.69. The van der Waals surface area contributed by atoms with Crippen LogP contribution < -0.4 is 14.8 Å². The molecule has 1 N–H and O–H groups in total. The molecular weight excluding hydrogens is 476 g/mol. The van der Waals surface area contributed by atoms with Crippen molar-refractivity contribution in [3.63, 3.8) is 0 Å². The Morgan fingerprint density at radius 1 is 0.742 bits per heavy atom. The fourth-order valence-electron chi connectivity index (χ4n) is 4.30. The van der Waals surface area contributed by atoms with E-state index in [-0.39, 0.29) is 12.2 Å². The number of hydrogen-bond donors (Lipinski definition) is 1. The lowest BCUT2D eigenvalue weighted by Crippen LogP contribution is -2.21. The second-order valence-corrected chi connectivity index (χ2v) is 10.5. The first-order valence-electron chi connectivity index (χ1n) is 10.8. The van der Waals surface area contributed by atoms with Crippen LogP contribution >= 0.6 is 46.4 Å². The molecule has 3 nitrogen and oxygen atoms in total. The number of nitrogens with one attached hydrogen (secondary N) is 1. The maximum Gasteiger partial charge on any atom is 0.156 e. The summed E-state index contributed by atoms with van der Waals surface area (Å²) in [6, 6.07) is 7.67. The number of rotatable bonds is 6. The Kier molecular flexibility index (Phi) is 7.20. The van der Waals surface area contributed by atoms with Crippen LogP contribution in [0.1, 0.15) is 57.1 Å². The average molecular weight is 503 g/mol. The molecule has 2 aromatic carbocycles. The van der Waals surface area contributed by atoms with Gasteiger partial charge in [-0.2, -0.15) is 0 Å². The number of ether oxygens (including phenoxy) is 2. The maximum atomic E-state index is 6.60. The lowest BCUT2D eigenvalue weighted by molar-refractivity contribution is 0.210. The highest BCUT2D eigenvalue weighted by atomic mass is 35.5. The van der Waals surface area contributed by atoms with Gasteiger partial charge in [-0.1, -0.05) is 60.3 Å². The normalized spacial score (nSPS) is 19.7. The minimum Gasteiger partial charge on any atom is -0.487 e. The van der Waals surface area contributed by atoms with Gasteiger partial charge in [0.15, 0.2) is 11.5 Å². The molecule has 1 heterocycles. The molecule has 2 fully saturated rings. The second kappa shape index (κ2) is 9.57. The smallest absolute Gasteiger partial charge is 0.156 e. The molecule has 1 aliphatic heterocycles. The summed E-state index contributed by atoms with van der Waals surface area (Å²) in [4.78, 5) is 0. The van der Waals surface area contributed by atoms with Crippen molar-refractivity contribution in [2.45, 2.75) is 63.6 Å². The fraction of sp³-hybridized carbons (Fsp3) is 0.500. The Morgan fingerprint density at radius 3 is 1.61 bits per heavy atom. The third kappa shape index (κ3) is 5.07. The van der Waals surface area contributed by atoms with Crippen LogP contribution in [0.5, 0.6) is 11.5 Å². The Balaban J connectivity index is 1.61. The topological polar surface area (TPSA) is 30.5 Å². The summed E-state index contributed by atoms with van der Waals surface area (Å²) in [5.74, 6) is 1.10. The Labute approximate surface area is 204 Å². The van der Waals surface area contributed by atoms with Crippen molar-refractivity contribution in [1.82, 2.24) is 5.32 Å². The molecule has 0 amide bonds. The zero-order chi connectivity index (χ0) is 22.2. The third-order valence-corrected chi connectivity index (χ3v) is 7.45. The van der Waals surface area contributed by atoms with Gasteiger partial charge >= 0.3 is 0 Å². The van der Waals surface area contributed by atoms with Crippen LogP contribution in [0.25, 0.3) is 0 Å². The van der Waals surface area contributed by atoms with Gasteiger partial charge in [0.05, 0.1) is 26.2 Å². The highest BCUT2D eigenvalue weighted by Gasteiger charge is 2.29. The maximum absolute atomic E-state index is 6.60. The predicted molar refractivity (Wildman–Crippen MR) is 130 cm³/mol. The molecule has 1 unspecified atom stereocenters. The molecular formula is C24H27Cl4NO2. The minimum atomic E-state index is -0.431. The van der Waals surface area contributed by atoms with Crippen molar-refractivity contribution < 1.29 is 9.47 Å². The van der Waals surface area contributed by atoms with Gasteiger partial charge in [0.2, 0.25) is 0 Å². The van der Waals surface area contributed by atoms with E-state index in [1.165, 1.54) is 12.8 Å². The summed E-state index contributed by atoms with van der Waals surface area (Å²) in [6.07, 6.45) is 5.66. The lowest BCUT2D eigenvalue weighted by Gasteiger charge is -2.29. The average Bonchev–Trinajstić information content (AvgIpc) is 3.41. The van der Waals surface area contributed by atoms with Crippen molar-refractivity contribution in [2.24, 2.45) is 0 Å². The summed E-state index contributed by atoms with van der Waals surface area (Å²) >= 11 is 26.4. The van der Waals surface area contributed by atoms with Crippen LogP contribution in [-0.4, -0.2) is 25.3 Å². The van der Waals surface area contributed by atoms with Crippen molar-refractivity contribution in [1.29, 1.82) is 0 Å². The number of halogens is 4. The third-order valence-electron chi connectivity index (χ3n) is 6.33. The van der Waals surface area contributed by atoms with E-state index in [0.29, 0.717) is 31.6 Å². The van der Waals surface area contributed by atoms with Gasteiger partial charge in [-0.25, -0.2) is 0 Å². The van der Waals surface area contributed by atoms with Gasteiger partial charge in [0.1, 0.15) is 6.10 Å². The van der Waals surface area contributed by atoms with Gasteiger partial charge < -0.3 is 14.8 Å².